The number of benzene rings is 1. The first-order valence-electron chi connectivity index (χ1n) is 8.52. The number of hydrogen-bond donors (Lipinski definition) is 0. The Labute approximate surface area is 142 Å². The molecule has 0 bridgehead atoms. The van der Waals surface area contributed by atoms with Gasteiger partial charge in [0.1, 0.15) is 0 Å². The predicted molar refractivity (Wildman–Crippen MR) is 98.2 cm³/mol. The molecule has 3 aromatic rings. The molecule has 3 heterocycles. The lowest BCUT2D eigenvalue weighted by Crippen LogP contribution is -2.46. The SMILES string of the molecule is Cc1ccc2nccc(N3CCN(Cc4ccccn4)CC3)c2c1. The molecule has 0 aliphatic carbocycles. The molecule has 0 radical (unpaired) electrons. The van der Waals surface area contributed by atoms with Gasteiger partial charge in [0.25, 0.3) is 0 Å². The zero-order valence-electron chi connectivity index (χ0n) is 14.0. The number of fused-ring (bicyclic) bond motifs is 1. The van der Waals surface area contributed by atoms with E-state index in [1.807, 2.05) is 18.5 Å². The molecular formula is C20H22N4. The highest BCUT2D eigenvalue weighted by Gasteiger charge is 2.19. The molecule has 0 N–H and O–H groups in total. The van der Waals surface area contributed by atoms with E-state index < -0.39 is 0 Å². The molecule has 0 unspecified atom stereocenters. The first kappa shape index (κ1) is 15.1. The Morgan fingerprint density at radius 2 is 1.79 bits per heavy atom. The summed E-state index contributed by atoms with van der Waals surface area (Å²) in [5.41, 5.74) is 4.82. The molecule has 0 spiro atoms. The van der Waals surface area contributed by atoms with Crippen LogP contribution in [0.4, 0.5) is 5.69 Å². The summed E-state index contributed by atoms with van der Waals surface area (Å²) in [7, 11) is 0. The molecule has 2 aromatic heterocycles. The van der Waals surface area contributed by atoms with E-state index >= 15 is 0 Å². The fourth-order valence-corrected chi connectivity index (χ4v) is 3.39. The van der Waals surface area contributed by atoms with E-state index in [0.717, 1.165) is 43.9 Å². The molecule has 1 aliphatic rings. The van der Waals surface area contributed by atoms with Crippen LogP contribution in [0.25, 0.3) is 10.9 Å². The maximum Gasteiger partial charge on any atom is 0.0722 e. The molecule has 4 nitrogen and oxygen atoms in total. The highest BCUT2D eigenvalue weighted by atomic mass is 15.3. The minimum absolute atomic E-state index is 0.935. The van der Waals surface area contributed by atoms with Crippen molar-refractivity contribution in [3.05, 3.63) is 66.1 Å². The molecule has 1 aromatic carbocycles. The van der Waals surface area contributed by atoms with Crippen LogP contribution in [0.5, 0.6) is 0 Å². The van der Waals surface area contributed by atoms with Crippen molar-refractivity contribution in [1.82, 2.24) is 14.9 Å². The van der Waals surface area contributed by atoms with E-state index in [1.165, 1.54) is 16.6 Å². The Morgan fingerprint density at radius 3 is 2.58 bits per heavy atom. The molecule has 1 saturated heterocycles. The minimum Gasteiger partial charge on any atom is -0.368 e. The Hall–Kier alpha value is -2.46. The average Bonchev–Trinajstić information content (AvgIpc) is 2.63. The fourth-order valence-electron chi connectivity index (χ4n) is 3.39. The Balaban J connectivity index is 1.49. The molecule has 0 atom stereocenters. The first-order valence-corrected chi connectivity index (χ1v) is 8.52. The number of nitrogens with zero attached hydrogens (tertiary/aromatic N) is 4. The van der Waals surface area contributed by atoms with Crippen LogP contribution in [-0.2, 0) is 6.54 Å². The summed E-state index contributed by atoms with van der Waals surface area (Å²) in [5.74, 6) is 0. The Bertz CT molecular complexity index is 823. The van der Waals surface area contributed by atoms with Crippen LogP contribution in [0.3, 0.4) is 0 Å². The van der Waals surface area contributed by atoms with Crippen molar-refractivity contribution in [1.29, 1.82) is 0 Å². The summed E-state index contributed by atoms with van der Waals surface area (Å²) in [6, 6.07) is 14.8. The lowest BCUT2D eigenvalue weighted by Gasteiger charge is -2.36. The highest BCUT2D eigenvalue weighted by Crippen LogP contribution is 2.27. The molecule has 1 aliphatic heterocycles. The second-order valence-electron chi connectivity index (χ2n) is 6.43. The van der Waals surface area contributed by atoms with Crippen LogP contribution < -0.4 is 4.90 Å². The minimum atomic E-state index is 0.935. The van der Waals surface area contributed by atoms with Crippen LogP contribution in [-0.4, -0.2) is 41.0 Å². The van der Waals surface area contributed by atoms with E-state index in [0.29, 0.717) is 0 Å². The van der Waals surface area contributed by atoms with Crippen LogP contribution >= 0.6 is 0 Å². The number of hydrogen-bond acceptors (Lipinski definition) is 4. The van der Waals surface area contributed by atoms with Crippen LogP contribution in [0.1, 0.15) is 11.3 Å². The van der Waals surface area contributed by atoms with Crippen molar-refractivity contribution in [2.45, 2.75) is 13.5 Å². The van der Waals surface area contributed by atoms with Gasteiger partial charge in [0.05, 0.1) is 11.2 Å². The third kappa shape index (κ3) is 3.10. The van der Waals surface area contributed by atoms with Gasteiger partial charge < -0.3 is 4.90 Å². The molecule has 122 valence electrons. The van der Waals surface area contributed by atoms with Gasteiger partial charge in [-0.1, -0.05) is 17.7 Å². The number of pyridine rings is 2. The zero-order valence-corrected chi connectivity index (χ0v) is 14.0. The van der Waals surface area contributed by atoms with Gasteiger partial charge in [-0.15, -0.1) is 0 Å². The predicted octanol–water partition coefficient (Wildman–Crippen LogP) is 3.26. The smallest absolute Gasteiger partial charge is 0.0722 e. The van der Waals surface area contributed by atoms with E-state index in [-0.39, 0.29) is 0 Å². The molecule has 0 amide bonds. The number of aryl methyl sites for hydroxylation is 1. The number of aromatic nitrogens is 2. The number of piperazine rings is 1. The van der Waals surface area contributed by atoms with E-state index in [1.54, 1.807) is 0 Å². The summed E-state index contributed by atoms with van der Waals surface area (Å²) in [6.07, 6.45) is 3.80. The standard InChI is InChI=1S/C20H22N4/c1-16-5-6-19-18(14-16)20(7-9-22-19)24-12-10-23(11-13-24)15-17-4-2-3-8-21-17/h2-9,14H,10-13,15H2,1H3. The van der Waals surface area contributed by atoms with E-state index in [9.17, 15) is 0 Å². The summed E-state index contributed by atoms with van der Waals surface area (Å²) >= 11 is 0. The van der Waals surface area contributed by atoms with Crippen molar-refractivity contribution in [3.8, 4) is 0 Å². The Kier molecular flexibility index (Phi) is 4.13. The van der Waals surface area contributed by atoms with Gasteiger partial charge in [-0.2, -0.15) is 0 Å². The van der Waals surface area contributed by atoms with Crippen LogP contribution in [0.2, 0.25) is 0 Å². The maximum absolute atomic E-state index is 4.50. The van der Waals surface area contributed by atoms with Crippen molar-refractivity contribution in [2.24, 2.45) is 0 Å². The van der Waals surface area contributed by atoms with Gasteiger partial charge in [0.2, 0.25) is 0 Å². The van der Waals surface area contributed by atoms with E-state index in [2.05, 4.69) is 63.1 Å². The lowest BCUT2D eigenvalue weighted by atomic mass is 10.1. The molecular weight excluding hydrogens is 296 g/mol. The third-order valence-electron chi connectivity index (χ3n) is 4.70. The maximum atomic E-state index is 4.50. The van der Waals surface area contributed by atoms with Gasteiger partial charge >= 0.3 is 0 Å². The Morgan fingerprint density at radius 1 is 0.917 bits per heavy atom. The largest absolute Gasteiger partial charge is 0.368 e. The lowest BCUT2D eigenvalue weighted by molar-refractivity contribution is 0.247. The molecule has 24 heavy (non-hydrogen) atoms. The van der Waals surface area contributed by atoms with Gasteiger partial charge in [-0.25, -0.2) is 0 Å². The molecule has 1 fully saturated rings. The summed E-state index contributed by atoms with van der Waals surface area (Å²) in [5, 5.41) is 1.26. The summed E-state index contributed by atoms with van der Waals surface area (Å²) in [6.45, 7) is 7.28. The molecule has 4 rings (SSSR count). The summed E-state index contributed by atoms with van der Waals surface area (Å²) in [4.78, 5) is 13.9. The third-order valence-corrected chi connectivity index (χ3v) is 4.70. The van der Waals surface area contributed by atoms with Gasteiger partial charge in [0, 0.05) is 56.2 Å². The monoisotopic (exact) mass is 318 g/mol. The van der Waals surface area contributed by atoms with Gasteiger partial charge in [-0.05, 0) is 37.3 Å². The van der Waals surface area contributed by atoms with Gasteiger partial charge in [-0.3, -0.25) is 14.9 Å². The average molecular weight is 318 g/mol. The summed E-state index contributed by atoms with van der Waals surface area (Å²) < 4.78 is 0. The van der Waals surface area contributed by atoms with Crippen molar-refractivity contribution < 1.29 is 0 Å². The zero-order chi connectivity index (χ0) is 16.4. The first-order chi connectivity index (χ1) is 11.8. The highest BCUT2D eigenvalue weighted by molar-refractivity contribution is 5.92. The van der Waals surface area contributed by atoms with Crippen molar-refractivity contribution in [3.63, 3.8) is 0 Å². The van der Waals surface area contributed by atoms with Crippen LogP contribution in [0.15, 0.2) is 54.9 Å². The topological polar surface area (TPSA) is 32.3 Å². The molecule has 4 heteroatoms. The normalized spacial score (nSPS) is 15.8. The second-order valence-corrected chi connectivity index (χ2v) is 6.43. The number of anilines is 1. The van der Waals surface area contributed by atoms with Crippen molar-refractivity contribution in [2.75, 3.05) is 31.1 Å². The number of rotatable bonds is 3. The fraction of sp³-hybridized carbons (Fsp3) is 0.300. The van der Waals surface area contributed by atoms with E-state index in [4.69, 9.17) is 0 Å². The quantitative estimate of drug-likeness (QED) is 0.742. The second kappa shape index (κ2) is 6.57. The van der Waals surface area contributed by atoms with Crippen LogP contribution in [0, 0.1) is 6.92 Å². The molecule has 0 saturated carbocycles. The van der Waals surface area contributed by atoms with Crippen molar-refractivity contribution >= 4 is 16.6 Å². The van der Waals surface area contributed by atoms with Gasteiger partial charge in [0.15, 0.2) is 0 Å².